The van der Waals surface area contributed by atoms with Gasteiger partial charge in [0.25, 0.3) is 5.91 Å². The molecule has 0 aliphatic carbocycles. The summed E-state index contributed by atoms with van der Waals surface area (Å²) in [4.78, 5) is 32.9. The standard InChI is InChI=1S/C21H19N3O2/c1-21-18-16(15-9-5-6-10-17(15)22-18)11-12-24(21)20(26)23(19(21)25)13-14-7-3-2-4-8-14/h2-10,22H,11-13H2,1H3/t21-/m0/s1. The van der Waals surface area contributed by atoms with Crippen LogP contribution in [0.1, 0.15) is 23.7 Å². The zero-order valence-corrected chi connectivity index (χ0v) is 14.5. The summed E-state index contributed by atoms with van der Waals surface area (Å²) < 4.78 is 0. The Balaban J connectivity index is 1.61. The second kappa shape index (κ2) is 5.21. The average Bonchev–Trinajstić information content (AvgIpc) is 3.13. The van der Waals surface area contributed by atoms with Crippen molar-refractivity contribution in [3.63, 3.8) is 0 Å². The third-order valence-electron chi connectivity index (χ3n) is 5.73. The highest BCUT2D eigenvalue weighted by Crippen LogP contribution is 2.44. The topological polar surface area (TPSA) is 56.4 Å². The van der Waals surface area contributed by atoms with Gasteiger partial charge in [-0.2, -0.15) is 0 Å². The van der Waals surface area contributed by atoms with Crippen LogP contribution in [0.2, 0.25) is 0 Å². The van der Waals surface area contributed by atoms with Crippen molar-refractivity contribution in [2.24, 2.45) is 0 Å². The van der Waals surface area contributed by atoms with E-state index >= 15 is 0 Å². The molecule has 130 valence electrons. The predicted molar refractivity (Wildman–Crippen MR) is 98.4 cm³/mol. The van der Waals surface area contributed by atoms with Crippen molar-refractivity contribution in [3.05, 3.63) is 71.4 Å². The monoisotopic (exact) mass is 345 g/mol. The number of H-pyrrole nitrogens is 1. The molecule has 1 aromatic heterocycles. The first-order valence-corrected chi connectivity index (χ1v) is 8.88. The van der Waals surface area contributed by atoms with Gasteiger partial charge >= 0.3 is 6.03 Å². The van der Waals surface area contributed by atoms with Crippen LogP contribution in [0.5, 0.6) is 0 Å². The molecule has 2 aliphatic heterocycles. The summed E-state index contributed by atoms with van der Waals surface area (Å²) >= 11 is 0. The number of hydrogen-bond donors (Lipinski definition) is 1. The van der Waals surface area contributed by atoms with E-state index < -0.39 is 5.54 Å². The van der Waals surface area contributed by atoms with Crippen LogP contribution >= 0.6 is 0 Å². The lowest BCUT2D eigenvalue weighted by atomic mass is 9.87. The van der Waals surface area contributed by atoms with Crippen molar-refractivity contribution < 1.29 is 9.59 Å². The third-order valence-corrected chi connectivity index (χ3v) is 5.73. The predicted octanol–water partition coefficient (Wildman–Crippen LogP) is 3.40. The van der Waals surface area contributed by atoms with Crippen LogP contribution in [-0.4, -0.2) is 33.3 Å². The maximum absolute atomic E-state index is 13.4. The van der Waals surface area contributed by atoms with E-state index in [1.54, 1.807) is 4.90 Å². The number of aromatic nitrogens is 1. The molecule has 3 amide bonds. The first-order chi connectivity index (χ1) is 12.6. The normalized spacial score (nSPS) is 22.0. The van der Waals surface area contributed by atoms with Crippen LogP contribution in [0.25, 0.3) is 10.9 Å². The largest absolute Gasteiger partial charge is 0.356 e. The van der Waals surface area contributed by atoms with Gasteiger partial charge in [-0.15, -0.1) is 0 Å². The van der Waals surface area contributed by atoms with Gasteiger partial charge in [0.1, 0.15) is 0 Å². The van der Waals surface area contributed by atoms with E-state index in [2.05, 4.69) is 11.1 Å². The van der Waals surface area contributed by atoms with Crippen molar-refractivity contribution in [1.82, 2.24) is 14.8 Å². The lowest BCUT2D eigenvalue weighted by Gasteiger charge is -2.36. The van der Waals surface area contributed by atoms with Crippen LogP contribution in [-0.2, 0) is 23.3 Å². The van der Waals surface area contributed by atoms with Crippen LogP contribution in [0.15, 0.2) is 54.6 Å². The van der Waals surface area contributed by atoms with Crippen LogP contribution < -0.4 is 0 Å². The molecule has 2 aliphatic rings. The SMILES string of the molecule is C[C@]12C(=O)N(Cc3ccccc3)C(=O)N1CCc1c2[nH]c2ccccc12. The molecule has 1 fully saturated rings. The molecule has 0 unspecified atom stereocenters. The van der Waals surface area contributed by atoms with Crippen LogP contribution in [0.4, 0.5) is 4.79 Å². The molecule has 5 nitrogen and oxygen atoms in total. The number of rotatable bonds is 2. The van der Waals surface area contributed by atoms with Gasteiger partial charge in [0, 0.05) is 17.4 Å². The number of carbonyl (C=O) groups is 2. The quantitative estimate of drug-likeness (QED) is 0.724. The van der Waals surface area contributed by atoms with Crippen molar-refractivity contribution in [2.75, 3.05) is 6.54 Å². The highest BCUT2D eigenvalue weighted by Gasteiger charge is 2.58. The Morgan fingerprint density at radius 2 is 1.77 bits per heavy atom. The van der Waals surface area contributed by atoms with Gasteiger partial charge < -0.3 is 9.88 Å². The number of para-hydroxylation sites is 1. The molecule has 1 N–H and O–H groups in total. The number of nitrogens with one attached hydrogen (secondary N) is 1. The summed E-state index contributed by atoms with van der Waals surface area (Å²) in [6, 6.07) is 17.5. The first-order valence-electron chi connectivity index (χ1n) is 8.88. The van der Waals surface area contributed by atoms with E-state index in [1.807, 2.05) is 55.5 Å². The summed E-state index contributed by atoms with van der Waals surface area (Å²) in [5.74, 6) is -0.154. The van der Waals surface area contributed by atoms with Gasteiger partial charge in [0.2, 0.25) is 0 Å². The first kappa shape index (κ1) is 15.2. The highest BCUT2D eigenvalue weighted by atomic mass is 16.2. The van der Waals surface area contributed by atoms with Crippen molar-refractivity contribution in [2.45, 2.75) is 25.4 Å². The van der Waals surface area contributed by atoms with E-state index in [0.29, 0.717) is 13.1 Å². The Morgan fingerprint density at radius 1 is 1.04 bits per heavy atom. The number of amides is 3. The number of imide groups is 1. The molecule has 0 radical (unpaired) electrons. The van der Waals surface area contributed by atoms with Gasteiger partial charge in [-0.05, 0) is 30.5 Å². The molecule has 5 rings (SSSR count). The zero-order valence-electron chi connectivity index (χ0n) is 14.5. The highest BCUT2D eigenvalue weighted by molar-refractivity contribution is 6.08. The van der Waals surface area contributed by atoms with Gasteiger partial charge in [-0.3, -0.25) is 9.69 Å². The molecular formula is C21H19N3O2. The minimum absolute atomic E-state index is 0.154. The molecule has 26 heavy (non-hydrogen) atoms. The van der Waals surface area contributed by atoms with E-state index in [4.69, 9.17) is 0 Å². The smallest absolute Gasteiger partial charge is 0.328 e. The lowest BCUT2D eigenvalue weighted by molar-refractivity contribution is -0.133. The van der Waals surface area contributed by atoms with E-state index in [0.717, 1.165) is 34.1 Å². The summed E-state index contributed by atoms with van der Waals surface area (Å²) in [7, 11) is 0. The fraction of sp³-hybridized carbons (Fsp3) is 0.238. The minimum Gasteiger partial charge on any atom is -0.356 e. The number of fused-ring (bicyclic) bond motifs is 5. The Labute approximate surface area is 151 Å². The van der Waals surface area contributed by atoms with E-state index in [9.17, 15) is 9.59 Å². The lowest BCUT2D eigenvalue weighted by Crippen LogP contribution is -2.48. The number of urea groups is 1. The van der Waals surface area contributed by atoms with Crippen molar-refractivity contribution >= 4 is 22.8 Å². The Hall–Kier alpha value is -3.08. The molecule has 3 aromatic rings. The van der Waals surface area contributed by atoms with Crippen molar-refractivity contribution in [1.29, 1.82) is 0 Å². The van der Waals surface area contributed by atoms with Gasteiger partial charge in [-0.1, -0.05) is 48.5 Å². The number of hydrogen-bond acceptors (Lipinski definition) is 2. The minimum atomic E-state index is -0.960. The fourth-order valence-corrected chi connectivity index (χ4v) is 4.37. The number of benzene rings is 2. The number of aromatic amines is 1. The number of carbonyl (C=O) groups excluding carboxylic acids is 2. The van der Waals surface area contributed by atoms with Gasteiger partial charge in [0.15, 0.2) is 5.54 Å². The van der Waals surface area contributed by atoms with Gasteiger partial charge in [0.05, 0.1) is 12.2 Å². The molecule has 1 atom stereocenters. The fourth-order valence-electron chi connectivity index (χ4n) is 4.37. The Kier molecular flexibility index (Phi) is 3.04. The molecule has 0 spiro atoms. The maximum atomic E-state index is 13.4. The van der Waals surface area contributed by atoms with E-state index in [1.165, 1.54) is 4.90 Å². The summed E-state index contributed by atoms with van der Waals surface area (Å²) in [5, 5.41) is 1.14. The molecule has 0 saturated carbocycles. The Morgan fingerprint density at radius 3 is 2.58 bits per heavy atom. The molecule has 1 saturated heterocycles. The average molecular weight is 345 g/mol. The van der Waals surface area contributed by atoms with Crippen molar-refractivity contribution in [3.8, 4) is 0 Å². The summed E-state index contributed by atoms with van der Waals surface area (Å²) in [5.41, 5.74) is 3.02. The second-order valence-corrected chi connectivity index (χ2v) is 7.16. The molecular weight excluding hydrogens is 326 g/mol. The molecule has 2 aromatic carbocycles. The molecule has 0 bridgehead atoms. The molecule has 3 heterocycles. The summed E-state index contributed by atoms with van der Waals surface area (Å²) in [6.45, 7) is 2.73. The van der Waals surface area contributed by atoms with Gasteiger partial charge in [-0.25, -0.2) is 4.79 Å². The Bertz CT molecular complexity index is 1040. The van der Waals surface area contributed by atoms with Crippen LogP contribution in [0, 0.1) is 0 Å². The summed E-state index contributed by atoms with van der Waals surface area (Å²) in [6.07, 6.45) is 0.757. The third kappa shape index (κ3) is 1.85. The molecule has 5 heteroatoms. The van der Waals surface area contributed by atoms with Crippen LogP contribution in [0.3, 0.4) is 0 Å². The zero-order chi connectivity index (χ0) is 17.9. The number of nitrogens with zero attached hydrogens (tertiary/aromatic N) is 2. The second-order valence-electron chi connectivity index (χ2n) is 7.16. The van der Waals surface area contributed by atoms with E-state index in [-0.39, 0.29) is 11.9 Å². The maximum Gasteiger partial charge on any atom is 0.328 e.